The molecule has 1 heterocycles. The average molecular weight is 426 g/mol. The fourth-order valence-corrected chi connectivity index (χ4v) is 6.13. The van der Waals surface area contributed by atoms with Gasteiger partial charge in [0.25, 0.3) is 0 Å². The largest absolute Gasteiger partial charge is 0.481 e. The smallest absolute Gasteiger partial charge is 0.303 e. The van der Waals surface area contributed by atoms with E-state index in [-0.39, 0.29) is 11.8 Å². The van der Waals surface area contributed by atoms with Crippen LogP contribution in [0.4, 0.5) is 0 Å². The van der Waals surface area contributed by atoms with Crippen molar-refractivity contribution in [3.63, 3.8) is 0 Å². The van der Waals surface area contributed by atoms with Crippen LogP contribution in [0.5, 0.6) is 0 Å². The molecule has 0 bridgehead atoms. The minimum Gasteiger partial charge on any atom is -0.481 e. The third-order valence-electron chi connectivity index (χ3n) is 4.11. The number of hydrogen-bond donors (Lipinski definition) is 2. The number of thiophene rings is 1. The first-order valence-electron chi connectivity index (χ1n) is 6.76. The highest BCUT2D eigenvalue weighted by Crippen LogP contribution is 2.47. The third kappa shape index (κ3) is 4.06. The first kappa shape index (κ1) is 16.5. The summed E-state index contributed by atoms with van der Waals surface area (Å²) in [6.45, 7) is 0. The number of rotatable bonds is 5. The predicted molar refractivity (Wildman–Crippen MR) is 87.1 cm³/mol. The maximum Gasteiger partial charge on any atom is 0.303 e. The van der Waals surface area contributed by atoms with Crippen molar-refractivity contribution in [2.75, 3.05) is 0 Å². The lowest BCUT2D eigenvalue weighted by atomic mass is 9.68. The number of carbonyl (C=O) groups is 1. The highest BCUT2D eigenvalue weighted by atomic mass is 79.9. The van der Waals surface area contributed by atoms with E-state index in [4.69, 9.17) is 0 Å². The minimum absolute atomic E-state index is 0.160. The fourth-order valence-electron chi connectivity index (χ4n) is 3.18. The summed E-state index contributed by atoms with van der Waals surface area (Å²) in [5, 5.41) is 19.7. The van der Waals surface area contributed by atoms with E-state index in [1.807, 2.05) is 6.07 Å². The monoisotopic (exact) mass is 424 g/mol. The van der Waals surface area contributed by atoms with E-state index < -0.39 is 12.1 Å². The van der Waals surface area contributed by atoms with Crippen LogP contribution in [-0.4, -0.2) is 16.2 Å². The Morgan fingerprint density at radius 3 is 2.50 bits per heavy atom. The summed E-state index contributed by atoms with van der Waals surface area (Å²) in [6, 6.07) is 1.91. The lowest BCUT2D eigenvalue weighted by molar-refractivity contribution is -0.141. The highest BCUT2D eigenvalue weighted by molar-refractivity contribution is 9.12. The van der Waals surface area contributed by atoms with Crippen LogP contribution in [0.3, 0.4) is 0 Å². The molecule has 0 aromatic carbocycles. The lowest BCUT2D eigenvalue weighted by Crippen LogP contribution is -2.29. The fraction of sp³-hybridized carbons (Fsp3) is 0.643. The van der Waals surface area contributed by atoms with Crippen molar-refractivity contribution in [1.29, 1.82) is 0 Å². The van der Waals surface area contributed by atoms with E-state index in [9.17, 15) is 15.0 Å². The zero-order chi connectivity index (χ0) is 14.8. The molecule has 0 aliphatic heterocycles. The molecule has 20 heavy (non-hydrogen) atoms. The van der Waals surface area contributed by atoms with Gasteiger partial charge in [0.2, 0.25) is 0 Å². The average Bonchev–Trinajstić information content (AvgIpc) is 2.68. The Morgan fingerprint density at radius 2 is 2.00 bits per heavy atom. The zero-order valence-corrected chi connectivity index (χ0v) is 15.1. The van der Waals surface area contributed by atoms with E-state index in [0.29, 0.717) is 6.42 Å². The van der Waals surface area contributed by atoms with Crippen LogP contribution in [0.25, 0.3) is 0 Å². The molecule has 0 saturated heterocycles. The standard InChI is InChI=1S/C14H18Br2O3S/c15-11-6-9(13(16)20-11)10(17)7-14(8-12(18)19)4-2-1-3-5-14/h6,10,17H,1-5,7-8H2,(H,18,19). The van der Waals surface area contributed by atoms with E-state index in [1.165, 1.54) is 17.8 Å². The molecule has 0 spiro atoms. The van der Waals surface area contributed by atoms with E-state index in [1.54, 1.807) is 0 Å². The molecule has 1 atom stereocenters. The van der Waals surface area contributed by atoms with Gasteiger partial charge in [-0.05, 0) is 62.6 Å². The third-order valence-corrected chi connectivity index (χ3v) is 6.49. The number of carboxylic acids is 1. The number of hydrogen-bond acceptors (Lipinski definition) is 3. The van der Waals surface area contributed by atoms with Gasteiger partial charge >= 0.3 is 5.97 Å². The van der Waals surface area contributed by atoms with E-state index >= 15 is 0 Å². The van der Waals surface area contributed by atoms with Gasteiger partial charge in [-0.25, -0.2) is 0 Å². The molecule has 2 N–H and O–H groups in total. The van der Waals surface area contributed by atoms with Gasteiger partial charge < -0.3 is 10.2 Å². The van der Waals surface area contributed by atoms with Crippen LogP contribution >= 0.6 is 43.2 Å². The van der Waals surface area contributed by atoms with Crippen LogP contribution in [0.15, 0.2) is 13.6 Å². The summed E-state index contributed by atoms with van der Waals surface area (Å²) in [6.07, 6.45) is 5.19. The van der Waals surface area contributed by atoms with Gasteiger partial charge in [0.1, 0.15) is 0 Å². The normalized spacial score (nSPS) is 19.8. The molecule has 1 aromatic rings. The Labute approximate surface area is 139 Å². The molecule has 0 radical (unpaired) electrons. The SMILES string of the molecule is O=C(O)CC1(CC(O)c2cc(Br)sc2Br)CCCCC1. The summed E-state index contributed by atoms with van der Waals surface area (Å²) < 4.78 is 1.88. The van der Waals surface area contributed by atoms with Gasteiger partial charge in [-0.1, -0.05) is 19.3 Å². The van der Waals surface area contributed by atoms with Crippen molar-refractivity contribution in [2.24, 2.45) is 5.41 Å². The van der Waals surface area contributed by atoms with Gasteiger partial charge in [-0.3, -0.25) is 4.79 Å². The topological polar surface area (TPSA) is 57.5 Å². The Morgan fingerprint density at radius 1 is 1.35 bits per heavy atom. The number of aliphatic hydroxyl groups is 1. The summed E-state index contributed by atoms with van der Waals surface area (Å²) in [7, 11) is 0. The lowest BCUT2D eigenvalue weighted by Gasteiger charge is -2.37. The van der Waals surface area contributed by atoms with Crippen LogP contribution in [0, 0.1) is 5.41 Å². The van der Waals surface area contributed by atoms with Gasteiger partial charge in [0.15, 0.2) is 0 Å². The summed E-state index contributed by atoms with van der Waals surface area (Å²) in [5.74, 6) is -0.760. The Bertz CT molecular complexity index is 481. The molecule has 1 unspecified atom stereocenters. The highest BCUT2D eigenvalue weighted by Gasteiger charge is 2.37. The molecule has 2 rings (SSSR count). The predicted octanol–water partition coefficient (Wildman–Crippen LogP) is 5.12. The molecule has 1 fully saturated rings. The second kappa shape index (κ2) is 6.90. The number of carboxylic acid groups (broad SMARTS) is 1. The molecule has 6 heteroatoms. The first-order valence-corrected chi connectivity index (χ1v) is 9.17. The van der Waals surface area contributed by atoms with Crippen molar-refractivity contribution in [3.8, 4) is 0 Å². The summed E-state index contributed by atoms with van der Waals surface area (Å²) in [5.41, 5.74) is 0.606. The number of aliphatic carboxylic acids is 1. The first-order chi connectivity index (χ1) is 9.42. The Kier molecular flexibility index (Phi) is 5.68. The van der Waals surface area contributed by atoms with Crippen molar-refractivity contribution < 1.29 is 15.0 Å². The van der Waals surface area contributed by atoms with Crippen LogP contribution in [0.2, 0.25) is 0 Å². The van der Waals surface area contributed by atoms with E-state index in [0.717, 1.165) is 38.8 Å². The molecule has 0 amide bonds. The van der Waals surface area contributed by atoms with Crippen molar-refractivity contribution >= 4 is 49.2 Å². The van der Waals surface area contributed by atoms with Crippen molar-refractivity contribution in [2.45, 2.75) is 51.0 Å². The molecule has 112 valence electrons. The second-order valence-corrected chi connectivity index (χ2v) is 9.38. The van der Waals surface area contributed by atoms with Crippen LogP contribution in [0.1, 0.15) is 56.6 Å². The van der Waals surface area contributed by atoms with Crippen LogP contribution in [-0.2, 0) is 4.79 Å². The number of halogens is 2. The molecule has 3 nitrogen and oxygen atoms in total. The van der Waals surface area contributed by atoms with Gasteiger partial charge in [-0.2, -0.15) is 0 Å². The molecule has 1 aliphatic carbocycles. The van der Waals surface area contributed by atoms with Crippen molar-refractivity contribution in [3.05, 3.63) is 19.2 Å². The molecular weight excluding hydrogens is 408 g/mol. The summed E-state index contributed by atoms with van der Waals surface area (Å²) in [4.78, 5) is 11.2. The van der Waals surface area contributed by atoms with Crippen LogP contribution < -0.4 is 0 Å². The number of aliphatic hydroxyl groups excluding tert-OH is 1. The zero-order valence-electron chi connectivity index (χ0n) is 11.1. The van der Waals surface area contributed by atoms with Gasteiger partial charge in [0.05, 0.1) is 20.1 Å². The van der Waals surface area contributed by atoms with Gasteiger partial charge in [0, 0.05) is 5.56 Å². The maximum atomic E-state index is 11.2. The Hall–Kier alpha value is 0.0900. The quantitative estimate of drug-likeness (QED) is 0.687. The van der Waals surface area contributed by atoms with E-state index in [2.05, 4.69) is 31.9 Å². The molecule has 1 aromatic heterocycles. The molecular formula is C14H18Br2O3S. The maximum absolute atomic E-state index is 11.2. The molecule has 1 saturated carbocycles. The van der Waals surface area contributed by atoms with Crippen molar-refractivity contribution in [1.82, 2.24) is 0 Å². The Balaban J connectivity index is 2.14. The van der Waals surface area contributed by atoms with Gasteiger partial charge in [-0.15, -0.1) is 11.3 Å². The minimum atomic E-state index is -0.760. The second-order valence-electron chi connectivity index (χ2n) is 5.63. The summed E-state index contributed by atoms with van der Waals surface area (Å²) >= 11 is 8.41. The molecule has 1 aliphatic rings.